The van der Waals surface area contributed by atoms with Gasteiger partial charge < -0.3 is 9.88 Å². The van der Waals surface area contributed by atoms with Gasteiger partial charge in [-0.3, -0.25) is 4.79 Å². The summed E-state index contributed by atoms with van der Waals surface area (Å²) in [5, 5.41) is 2.89. The molecule has 0 spiro atoms. The van der Waals surface area contributed by atoms with Gasteiger partial charge in [0, 0.05) is 18.1 Å². The first-order chi connectivity index (χ1) is 12.0. The van der Waals surface area contributed by atoms with Crippen molar-refractivity contribution in [1.82, 2.24) is 4.57 Å². The summed E-state index contributed by atoms with van der Waals surface area (Å²) in [7, 11) is 0. The third kappa shape index (κ3) is 4.15. The number of aromatic nitrogens is 1. The zero-order chi connectivity index (χ0) is 17.8. The lowest BCUT2D eigenvalue weighted by molar-refractivity contribution is -0.116. The van der Waals surface area contributed by atoms with Crippen molar-refractivity contribution in [3.63, 3.8) is 0 Å². The molecular formula is C21H21FN2O. The number of anilines is 1. The van der Waals surface area contributed by atoms with Crippen molar-refractivity contribution >= 4 is 11.6 Å². The Hall–Kier alpha value is -2.88. The highest BCUT2D eigenvalue weighted by molar-refractivity contribution is 5.92. The summed E-state index contributed by atoms with van der Waals surface area (Å²) < 4.78 is 15.2. The largest absolute Gasteiger partial charge is 0.346 e. The molecule has 2 aromatic carbocycles. The zero-order valence-corrected chi connectivity index (χ0v) is 14.4. The van der Waals surface area contributed by atoms with Crippen LogP contribution in [-0.2, 0) is 4.79 Å². The molecule has 3 rings (SSSR count). The van der Waals surface area contributed by atoms with Crippen molar-refractivity contribution < 1.29 is 9.18 Å². The van der Waals surface area contributed by atoms with Gasteiger partial charge in [-0.05, 0) is 55.3 Å². The smallest absolute Gasteiger partial charge is 0.226 e. The number of benzene rings is 2. The van der Waals surface area contributed by atoms with Gasteiger partial charge in [-0.2, -0.15) is 0 Å². The lowest BCUT2D eigenvalue weighted by Crippen LogP contribution is -2.20. The van der Waals surface area contributed by atoms with E-state index in [1.54, 1.807) is 13.0 Å². The summed E-state index contributed by atoms with van der Waals surface area (Å²) in [4.78, 5) is 12.6. The van der Waals surface area contributed by atoms with Gasteiger partial charge in [-0.1, -0.05) is 29.8 Å². The second-order valence-electron chi connectivity index (χ2n) is 6.27. The number of rotatable bonds is 5. The maximum absolute atomic E-state index is 13.2. The molecule has 128 valence electrons. The molecular weight excluding hydrogens is 315 g/mol. The van der Waals surface area contributed by atoms with Crippen molar-refractivity contribution in [2.45, 2.75) is 26.3 Å². The van der Waals surface area contributed by atoms with Crippen molar-refractivity contribution in [1.29, 1.82) is 0 Å². The number of amides is 1. The maximum atomic E-state index is 13.2. The molecule has 0 radical (unpaired) electrons. The van der Waals surface area contributed by atoms with Gasteiger partial charge in [-0.15, -0.1) is 0 Å². The highest BCUT2D eigenvalue weighted by Gasteiger charge is 2.18. The summed E-state index contributed by atoms with van der Waals surface area (Å²) in [5.74, 6) is -0.408. The number of nitrogens with zero attached hydrogens (tertiary/aromatic N) is 1. The fourth-order valence-electron chi connectivity index (χ4n) is 2.88. The molecule has 0 saturated heterocycles. The Morgan fingerprint density at radius 1 is 1.08 bits per heavy atom. The van der Waals surface area contributed by atoms with Crippen LogP contribution in [-0.4, -0.2) is 10.5 Å². The number of hydrogen-bond donors (Lipinski definition) is 1. The molecule has 4 heteroatoms. The lowest BCUT2D eigenvalue weighted by Gasteiger charge is -2.20. The van der Waals surface area contributed by atoms with Gasteiger partial charge in [0.2, 0.25) is 5.91 Å². The van der Waals surface area contributed by atoms with Gasteiger partial charge in [0.25, 0.3) is 0 Å². The SMILES string of the molecule is Cc1ccc([C@H](CC(=O)Nc2ccc(F)cc2C)n2cccc2)cc1. The number of hydrogen-bond acceptors (Lipinski definition) is 1. The van der Waals surface area contributed by atoms with Crippen LogP contribution in [0.1, 0.15) is 29.2 Å². The molecule has 0 unspecified atom stereocenters. The van der Waals surface area contributed by atoms with Crippen LogP contribution in [0.25, 0.3) is 0 Å². The summed E-state index contributed by atoms with van der Waals surface area (Å²) in [6.45, 7) is 3.82. The van der Waals surface area contributed by atoms with Crippen LogP contribution in [0.5, 0.6) is 0 Å². The first kappa shape index (κ1) is 17.0. The van der Waals surface area contributed by atoms with Crippen molar-refractivity contribution in [3.8, 4) is 0 Å². The standard InChI is InChI=1S/C21H21FN2O/c1-15-5-7-17(8-6-15)20(24-11-3-4-12-24)14-21(25)23-19-10-9-18(22)13-16(19)2/h3-13,20H,14H2,1-2H3,(H,23,25)/t20-/m0/s1. The third-order valence-corrected chi connectivity index (χ3v) is 4.29. The molecule has 3 nitrogen and oxygen atoms in total. The van der Waals surface area contributed by atoms with E-state index < -0.39 is 0 Å². The van der Waals surface area contributed by atoms with Crippen LogP contribution in [0.2, 0.25) is 0 Å². The number of aryl methyl sites for hydroxylation is 2. The minimum absolute atomic E-state index is 0.0867. The van der Waals surface area contributed by atoms with E-state index in [0.717, 1.165) is 5.56 Å². The molecule has 25 heavy (non-hydrogen) atoms. The number of carbonyl (C=O) groups excluding carboxylic acids is 1. The van der Waals surface area contributed by atoms with E-state index in [9.17, 15) is 9.18 Å². The van der Waals surface area contributed by atoms with E-state index in [0.29, 0.717) is 17.7 Å². The van der Waals surface area contributed by atoms with Crippen molar-refractivity contribution in [2.24, 2.45) is 0 Å². The Morgan fingerprint density at radius 3 is 2.40 bits per heavy atom. The number of halogens is 1. The second-order valence-corrected chi connectivity index (χ2v) is 6.27. The zero-order valence-electron chi connectivity index (χ0n) is 14.4. The van der Waals surface area contributed by atoms with Crippen LogP contribution >= 0.6 is 0 Å². The summed E-state index contributed by atoms with van der Waals surface area (Å²) in [5.41, 5.74) is 3.61. The second kappa shape index (κ2) is 7.34. The summed E-state index contributed by atoms with van der Waals surface area (Å²) >= 11 is 0. The first-order valence-corrected chi connectivity index (χ1v) is 8.28. The quantitative estimate of drug-likeness (QED) is 0.709. The Bertz CT molecular complexity index is 854. The van der Waals surface area contributed by atoms with Crippen LogP contribution in [0.3, 0.4) is 0 Å². The van der Waals surface area contributed by atoms with Crippen LogP contribution in [0, 0.1) is 19.7 Å². The van der Waals surface area contributed by atoms with Gasteiger partial charge >= 0.3 is 0 Å². The Kier molecular flexibility index (Phi) is 4.98. The van der Waals surface area contributed by atoms with E-state index in [1.165, 1.54) is 17.7 Å². The van der Waals surface area contributed by atoms with Crippen molar-refractivity contribution in [3.05, 3.63) is 89.5 Å². The summed E-state index contributed by atoms with van der Waals surface area (Å²) in [6, 6.07) is 16.4. The minimum Gasteiger partial charge on any atom is -0.346 e. The normalized spacial score (nSPS) is 12.0. The molecule has 1 aromatic heterocycles. The molecule has 0 aliphatic carbocycles. The highest BCUT2D eigenvalue weighted by Crippen LogP contribution is 2.24. The van der Waals surface area contributed by atoms with E-state index in [4.69, 9.17) is 0 Å². The molecule has 0 aliphatic rings. The molecule has 1 amide bonds. The molecule has 1 atom stereocenters. The Balaban J connectivity index is 1.80. The minimum atomic E-state index is -0.305. The first-order valence-electron chi connectivity index (χ1n) is 8.28. The monoisotopic (exact) mass is 336 g/mol. The van der Waals surface area contributed by atoms with Crippen LogP contribution < -0.4 is 5.32 Å². The van der Waals surface area contributed by atoms with E-state index in [-0.39, 0.29) is 17.8 Å². The maximum Gasteiger partial charge on any atom is 0.226 e. The topological polar surface area (TPSA) is 34.0 Å². The van der Waals surface area contributed by atoms with E-state index in [1.807, 2.05) is 48.1 Å². The van der Waals surface area contributed by atoms with E-state index in [2.05, 4.69) is 17.4 Å². The fourth-order valence-corrected chi connectivity index (χ4v) is 2.88. The molecule has 0 fully saturated rings. The highest BCUT2D eigenvalue weighted by atomic mass is 19.1. The Labute approximate surface area is 147 Å². The van der Waals surface area contributed by atoms with Crippen LogP contribution in [0.4, 0.5) is 10.1 Å². The lowest BCUT2D eigenvalue weighted by atomic mass is 10.0. The molecule has 1 N–H and O–H groups in total. The average molecular weight is 336 g/mol. The third-order valence-electron chi connectivity index (χ3n) is 4.29. The Morgan fingerprint density at radius 2 is 1.76 bits per heavy atom. The molecule has 0 bridgehead atoms. The van der Waals surface area contributed by atoms with Crippen molar-refractivity contribution in [2.75, 3.05) is 5.32 Å². The van der Waals surface area contributed by atoms with Crippen LogP contribution in [0.15, 0.2) is 67.0 Å². The van der Waals surface area contributed by atoms with Gasteiger partial charge in [0.05, 0.1) is 12.5 Å². The average Bonchev–Trinajstić information content (AvgIpc) is 3.10. The molecule has 1 heterocycles. The number of carbonyl (C=O) groups is 1. The van der Waals surface area contributed by atoms with Gasteiger partial charge in [0.1, 0.15) is 5.82 Å². The molecule has 0 aliphatic heterocycles. The van der Waals surface area contributed by atoms with Gasteiger partial charge in [-0.25, -0.2) is 4.39 Å². The molecule has 0 saturated carbocycles. The fraction of sp³-hybridized carbons (Fsp3) is 0.190. The predicted molar refractivity (Wildman–Crippen MR) is 98.1 cm³/mol. The summed E-state index contributed by atoms with van der Waals surface area (Å²) in [6.07, 6.45) is 4.22. The predicted octanol–water partition coefficient (Wildman–Crippen LogP) is 4.86. The van der Waals surface area contributed by atoms with Gasteiger partial charge in [0.15, 0.2) is 0 Å². The van der Waals surface area contributed by atoms with E-state index >= 15 is 0 Å². The molecule has 3 aromatic rings. The number of nitrogens with one attached hydrogen (secondary N) is 1.